The summed E-state index contributed by atoms with van der Waals surface area (Å²) in [6.07, 6.45) is 4.69. The third-order valence-corrected chi connectivity index (χ3v) is 1.73. The molecule has 1 N–H and O–H groups in total. The van der Waals surface area contributed by atoms with Gasteiger partial charge in [-0.3, -0.25) is 0 Å². The third-order valence-electron chi connectivity index (χ3n) is 1.73. The Morgan fingerprint density at radius 2 is 2.33 bits per heavy atom. The van der Waals surface area contributed by atoms with E-state index in [2.05, 4.69) is 19.9 Å². The van der Waals surface area contributed by atoms with Gasteiger partial charge in [-0.2, -0.15) is 0 Å². The van der Waals surface area contributed by atoms with Crippen LogP contribution in [0.1, 0.15) is 0 Å². The fourth-order valence-electron chi connectivity index (χ4n) is 1.21. The summed E-state index contributed by atoms with van der Waals surface area (Å²) in [7, 11) is 0. The molecule has 5 heteroatoms. The number of fused-ring (bicyclic) bond motifs is 3. The van der Waals surface area contributed by atoms with Crippen molar-refractivity contribution in [1.29, 1.82) is 0 Å². The summed E-state index contributed by atoms with van der Waals surface area (Å²) in [5, 5.41) is 0. The predicted molar refractivity (Wildman–Crippen MR) is 41.5 cm³/mol. The van der Waals surface area contributed by atoms with Crippen molar-refractivity contribution in [2.45, 2.75) is 0 Å². The molecule has 0 aliphatic heterocycles. The van der Waals surface area contributed by atoms with Gasteiger partial charge in [0.2, 0.25) is 5.71 Å². The maximum Gasteiger partial charge on any atom is 0.247 e. The molecule has 0 atom stereocenters. The fourth-order valence-corrected chi connectivity index (χ4v) is 1.21. The van der Waals surface area contributed by atoms with E-state index in [0.29, 0.717) is 11.3 Å². The maximum absolute atomic E-state index is 5.33. The van der Waals surface area contributed by atoms with Crippen molar-refractivity contribution in [3.63, 3.8) is 0 Å². The van der Waals surface area contributed by atoms with Crippen LogP contribution in [-0.4, -0.2) is 19.9 Å². The number of aromatic amines is 1. The van der Waals surface area contributed by atoms with Crippen LogP contribution in [0.2, 0.25) is 0 Å². The number of imidazole rings is 1. The van der Waals surface area contributed by atoms with Gasteiger partial charge in [0, 0.05) is 0 Å². The zero-order valence-electron chi connectivity index (χ0n) is 5.98. The van der Waals surface area contributed by atoms with Gasteiger partial charge in [-0.15, -0.1) is 0 Å². The number of rotatable bonds is 0. The quantitative estimate of drug-likeness (QED) is 0.534. The lowest BCUT2D eigenvalue weighted by atomic mass is 10.4. The standard InChI is InChI=1S/C7H4N4O/c1-4-5(9-2-8-1)6-7(12-4)11-3-10-6/h1-3H,(H,10,11). The second kappa shape index (κ2) is 1.82. The zero-order valence-corrected chi connectivity index (χ0v) is 5.98. The van der Waals surface area contributed by atoms with E-state index in [-0.39, 0.29) is 0 Å². The van der Waals surface area contributed by atoms with Crippen molar-refractivity contribution < 1.29 is 4.42 Å². The summed E-state index contributed by atoms with van der Waals surface area (Å²) in [5.41, 5.74) is 2.84. The molecule has 0 aromatic carbocycles. The molecule has 0 fully saturated rings. The molecule has 0 amide bonds. The Morgan fingerprint density at radius 1 is 1.33 bits per heavy atom. The Morgan fingerprint density at radius 3 is 3.33 bits per heavy atom. The van der Waals surface area contributed by atoms with E-state index in [0.717, 1.165) is 11.0 Å². The Bertz CT molecular complexity index is 537. The Hall–Kier alpha value is -1.91. The first kappa shape index (κ1) is 5.70. The highest BCUT2D eigenvalue weighted by molar-refractivity contribution is 5.97. The highest BCUT2D eigenvalue weighted by Gasteiger charge is 2.08. The van der Waals surface area contributed by atoms with Crippen LogP contribution in [0.4, 0.5) is 0 Å². The van der Waals surface area contributed by atoms with E-state index in [1.165, 1.54) is 6.33 Å². The number of hydrogen-bond donors (Lipinski definition) is 1. The molecule has 12 heavy (non-hydrogen) atoms. The van der Waals surface area contributed by atoms with Crippen LogP contribution in [0.5, 0.6) is 0 Å². The van der Waals surface area contributed by atoms with Gasteiger partial charge in [0.25, 0.3) is 0 Å². The lowest BCUT2D eigenvalue weighted by Gasteiger charge is -1.82. The summed E-state index contributed by atoms with van der Waals surface area (Å²) in [5.74, 6) is 0. The molecule has 3 aromatic rings. The van der Waals surface area contributed by atoms with Crippen molar-refractivity contribution in [3.8, 4) is 0 Å². The molecule has 3 rings (SSSR count). The molecule has 3 heterocycles. The van der Waals surface area contributed by atoms with E-state index in [1.807, 2.05) is 0 Å². The Kier molecular flexibility index (Phi) is 0.864. The predicted octanol–water partition coefficient (Wildman–Crippen LogP) is 1.10. The average Bonchev–Trinajstić information content (AvgIpc) is 2.62. The summed E-state index contributed by atoms with van der Waals surface area (Å²) >= 11 is 0. The highest BCUT2D eigenvalue weighted by atomic mass is 16.3. The van der Waals surface area contributed by atoms with Crippen LogP contribution in [0.15, 0.2) is 23.3 Å². The molecule has 0 spiro atoms. The second-order valence-corrected chi connectivity index (χ2v) is 2.42. The van der Waals surface area contributed by atoms with Gasteiger partial charge < -0.3 is 9.40 Å². The normalized spacial score (nSPS) is 11.3. The van der Waals surface area contributed by atoms with Gasteiger partial charge in [-0.25, -0.2) is 15.0 Å². The van der Waals surface area contributed by atoms with Crippen LogP contribution >= 0.6 is 0 Å². The molecular formula is C7H4N4O. The van der Waals surface area contributed by atoms with Gasteiger partial charge in [-0.05, 0) is 0 Å². The van der Waals surface area contributed by atoms with Crippen molar-refractivity contribution in [1.82, 2.24) is 19.9 Å². The van der Waals surface area contributed by atoms with Crippen LogP contribution in [0, 0.1) is 0 Å². The average molecular weight is 160 g/mol. The third kappa shape index (κ3) is 0.554. The van der Waals surface area contributed by atoms with E-state index < -0.39 is 0 Å². The van der Waals surface area contributed by atoms with Gasteiger partial charge in [0.15, 0.2) is 5.58 Å². The summed E-state index contributed by atoms with van der Waals surface area (Å²) in [6, 6.07) is 0. The summed E-state index contributed by atoms with van der Waals surface area (Å²) in [6.45, 7) is 0. The van der Waals surface area contributed by atoms with Crippen LogP contribution in [0.3, 0.4) is 0 Å². The molecule has 3 aromatic heterocycles. The number of furan rings is 1. The molecule has 0 saturated carbocycles. The minimum absolute atomic E-state index is 0.575. The Balaban J connectivity index is 2.68. The summed E-state index contributed by atoms with van der Waals surface area (Å²) < 4.78 is 5.33. The molecule has 0 radical (unpaired) electrons. The van der Waals surface area contributed by atoms with Crippen molar-refractivity contribution in [2.75, 3.05) is 0 Å². The molecule has 0 unspecified atom stereocenters. The smallest absolute Gasteiger partial charge is 0.247 e. The largest absolute Gasteiger partial charge is 0.433 e. The van der Waals surface area contributed by atoms with Gasteiger partial charge >= 0.3 is 0 Å². The molecule has 5 nitrogen and oxygen atoms in total. The Labute approximate surface area is 66.5 Å². The van der Waals surface area contributed by atoms with Gasteiger partial charge in [0.05, 0.1) is 12.5 Å². The SMILES string of the molecule is c1ncc2oc3nc[nH]c3c2n1. The topological polar surface area (TPSA) is 67.6 Å². The molecule has 0 bridgehead atoms. The summed E-state index contributed by atoms with van der Waals surface area (Å²) in [4.78, 5) is 14.8. The maximum atomic E-state index is 5.33. The second-order valence-electron chi connectivity index (χ2n) is 2.42. The zero-order chi connectivity index (χ0) is 7.97. The highest BCUT2D eigenvalue weighted by Crippen LogP contribution is 2.21. The van der Waals surface area contributed by atoms with E-state index >= 15 is 0 Å². The van der Waals surface area contributed by atoms with Crippen LogP contribution in [0.25, 0.3) is 22.3 Å². The minimum atomic E-state index is 0.575. The van der Waals surface area contributed by atoms with E-state index in [1.54, 1.807) is 12.5 Å². The number of nitrogens with one attached hydrogen (secondary N) is 1. The minimum Gasteiger partial charge on any atom is -0.433 e. The molecule has 58 valence electrons. The first-order valence-electron chi connectivity index (χ1n) is 3.47. The molecule has 0 aliphatic carbocycles. The van der Waals surface area contributed by atoms with Gasteiger partial charge in [-0.1, -0.05) is 0 Å². The van der Waals surface area contributed by atoms with Crippen molar-refractivity contribution in [3.05, 3.63) is 18.9 Å². The fraction of sp³-hybridized carbons (Fsp3) is 0. The lowest BCUT2D eigenvalue weighted by Crippen LogP contribution is -1.75. The molecular weight excluding hydrogens is 156 g/mol. The van der Waals surface area contributed by atoms with Crippen LogP contribution < -0.4 is 0 Å². The van der Waals surface area contributed by atoms with E-state index in [9.17, 15) is 0 Å². The number of H-pyrrole nitrogens is 1. The lowest BCUT2D eigenvalue weighted by molar-refractivity contribution is 0.653. The molecule has 0 saturated heterocycles. The number of nitrogens with zero attached hydrogens (tertiary/aromatic N) is 3. The van der Waals surface area contributed by atoms with Crippen molar-refractivity contribution in [2.24, 2.45) is 0 Å². The van der Waals surface area contributed by atoms with Gasteiger partial charge in [0.1, 0.15) is 17.4 Å². The first-order chi connectivity index (χ1) is 5.95. The van der Waals surface area contributed by atoms with Crippen molar-refractivity contribution >= 4 is 22.3 Å². The van der Waals surface area contributed by atoms with Crippen LogP contribution in [-0.2, 0) is 0 Å². The molecule has 0 aliphatic rings. The monoisotopic (exact) mass is 160 g/mol. The number of hydrogen-bond acceptors (Lipinski definition) is 4. The van der Waals surface area contributed by atoms with E-state index in [4.69, 9.17) is 4.42 Å². The first-order valence-corrected chi connectivity index (χ1v) is 3.47. The number of aromatic nitrogens is 4.